The van der Waals surface area contributed by atoms with E-state index in [1.165, 1.54) is 41.5 Å². The molecule has 1 aliphatic heterocycles. The number of hydrogen-bond donors (Lipinski definition) is 1. The van der Waals surface area contributed by atoms with Crippen LogP contribution in [0.1, 0.15) is 26.8 Å². The van der Waals surface area contributed by atoms with Gasteiger partial charge >= 0.3 is 0 Å². The number of nitrogens with zero attached hydrogens (tertiary/aromatic N) is 1. The van der Waals surface area contributed by atoms with Gasteiger partial charge in [-0.15, -0.1) is 11.3 Å². The van der Waals surface area contributed by atoms with Crippen molar-refractivity contribution in [1.29, 1.82) is 0 Å². The third-order valence-corrected chi connectivity index (χ3v) is 6.45. The van der Waals surface area contributed by atoms with Gasteiger partial charge in [-0.1, -0.05) is 30.3 Å². The summed E-state index contributed by atoms with van der Waals surface area (Å²) < 4.78 is 25.4. The fraction of sp³-hybridized carbons (Fsp3) is 0.200. The highest BCUT2D eigenvalue weighted by atomic mass is 32.1. The van der Waals surface area contributed by atoms with Crippen LogP contribution in [0.4, 0.5) is 4.39 Å². The van der Waals surface area contributed by atoms with Crippen molar-refractivity contribution in [1.82, 2.24) is 4.90 Å². The molecule has 1 N–H and O–H groups in total. The van der Waals surface area contributed by atoms with E-state index in [2.05, 4.69) is 0 Å². The number of carbonyl (C=O) groups excluding carboxylic acids is 2. The van der Waals surface area contributed by atoms with Crippen molar-refractivity contribution in [3.8, 4) is 11.5 Å². The monoisotopic (exact) mass is 467 g/mol. The van der Waals surface area contributed by atoms with Crippen molar-refractivity contribution in [2.45, 2.75) is 12.5 Å². The Morgan fingerprint density at radius 3 is 2.52 bits per heavy atom. The van der Waals surface area contributed by atoms with E-state index in [0.29, 0.717) is 22.8 Å². The molecule has 0 fully saturated rings. The summed E-state index contributed by atoms with van der Waals surface area (Å²) in [5.74, 6) is -1.28. The predicted molar refractivity (Wildman–Crippen MR) is 122 cm³/mol. The highest BCUT2D eigenvalue weighted by Gasteiger charge is 2.44. The second-order valence-corrected chi connectivity index (χ2v) is 8.38. The summed E-state index contributed by atoms with van der Waals surface area (Å²) in [4.78, 5) is 27.9. The largest absolute Gasteiger partial charge is 0.503 e. The van der Waals surface area contributed by atoms with Crippen molar-refractivity contribution >= 4 is 23.0 Å². The van der Waals surface area contributed by atoms with Crippen LogP contribution in [0.5, 0.6) is 11.5 Å². The maximum atomic E-state index is 14.8. The number of aliphatic hydroxyl groups is 1. The van der Waals surface area contributed by atoms with Crippen LogP contribution >= 0.6 is 11.3 Å². The second-order valence-electron chi connectivity index (χ2n) is 7.43. The number of amides is 1. The van der Waals surface area contributed by atoms with Gasteiger partial charge < -0.3 is 19.5 Å². The molecule has 2 heterocycles. The Balaban J connectivity index is 1.69. The van der Waals surface area contributed by atoms with Crippen molar-refractivity contribution in [3.63, 3.8) is 0 Å². The van der Waals surface area contributed by atoms with Gasteiger partial charge in [-0.25, -0.2) is 4.39 Å². The number of halogens is 1. The summed E-state index contributed by atoms with van der Waals surface area (Å²) in [6.07, 6.45) is 0.394. The first kappa shape index (κ1) is 22.5. The molecule has 4 rings (SSSR count). The van der Waals surface area contributed by atoms with Crippen molar-refractivity contribution < 1.29 is 28.6 Å². The van der Waals surface area contributed by atoms with Crippen LogP contribution in [0.2, 0.25) is 0 Å². The van der Waals surface area contributed by atoms with Gasteiger partial charge in [0.1, 0.15) is 5.82 Å². The topological polar surface area (TPSA) is 76.1 Å². The number of rotatable bonds is 8. The zero-order valence-electron chi connectivity index (χ0n) is 18.1. The maximum Gasteiger partial charge on any atom is 0.290 e. The Kier molecular flexibility index (Phi) is 6.46. The highest BCUT2D eigenvalue weighted by Crippen LogP contribution is 2.40. The summed E-state index contributed by atoms with van der Waals surface area (Å²) in [7, 11) is 3.07. The van der Waals surface area contributed by atoms with Gasteiger partial charge in [-0.05, 0) is 41.6 Å². The lowest BCUT2D eigenvalue weighted by Crippen LogP contribution is -2.33. The molecule has 6 nitrogen and oxygen atoms in total. The van der Waals surface area contributed by atoms with E-state index in [0.717, 1.165) is 5.56 Å². The summed E-state index contributed by atoms with van der Waals surface area (Å²) >= 11 is 1.20. The van der Waals surface area contributed by atoms with Crippen LogP contribution in [-0.4, -0.2) is 42.5 Å². The normalized spacial score (nSPS) is 15.8. The third-order valence-electron chi connectivity index (χ3n) is 5.58. The highest BCUT2D eigenvalue weighted by molar-refractivity contribution is 7.12. The number of methoxy groups -OCH3 is 2. The first-order valence-corrected chi connectivity index (χ1v) is 11.1. The van der Waals surface area contributed by atoms with E-state index in [1.807, 2.05) is 6.07 Å². The summed E-state index contributed by atoms with van der Waals surface area (Å²) in [5, 5.41) is 12.4. The van der Waals surface area contributed by atoms with Gasteiger partial charge in [-0.2, -0.15) is 0 Å². The number of Topliss-reactive ketones (excluding diaryl/α,β-unsaturated/α-hetero) is 1. The quantitative estimate of drug-likeness (QED) is 0.485. The molecule has 1 amide bonds. The van der Waals surface area contributed by atoms with Gasteiger partial charge in [-0.3, -0.25) is 9.59 Å². The lowest BCUT2D eigenvalue weighted by atomic mass is 9.95. The first-order chi connectivity index (χ1) is 16.0. The van der Waals surface area contributed by atoms with Crippen molar-refractivity contribution in [2.24, 2.45) is 0 Å². The number of benzene rings is 2. The summed E-state index contributed by atoms with van der Waals surface area (Å²) in [6.45, 7) is 0.151. The fourth-order valence-corrected chi connectivity index (χ4v) is 4.64. The van der Waals surface area contributed by atoms with Crippen molar-refractivity contribution in [3.05, 3.63) is 93.1 Å². The number of thiophene rings is 1. The minimum absolute atomic E-state index is 0.111. The predicted octanol–water partition coefficient (Wildman–Crippen LogP) is 4.73. The Morgan fingerprint density at radius 1 is 1.09 bits per heavy atom. The number of hydrogen-bond acceptors (Lipinski definition) is 6. The number of ketones is 1. The molecule has 3 aromatic rings. The fourth-order valence-electron chi connectivity index (χ4n) is 3.96. The van der Waals surface area contributed by atoms with Crippen molar-refractivity contribution in [2.75, 3.05) is 20.8 Å². The van der Waals surface area contributed by atoms with Gasteiger partial charge in [0.05, 0.1) is 30.7 Å². The van der Waals surface area contributed by atoms with Crippen LogP contribution in [0.15, 0.2) is 71.3 Å². The summed E-state index contributed by atoms with van der Waals surface area (Å²) in [6, 6.07) is 13.6. The molecule has 0 aliphatic carbocycles. The van der Waals surface area contributed by atoms with Gasteiger partial charge in [0.2, 0.25) is 5.78 Å². The number of carbonyl (C=O) groups is 2. The van der Waals surface area contributed by atoms with Crippen LogP contribution in [0, 0.1) is 5.82 Å². The third kappa shape index (κ3) is 4.21. The molecule has 1 aromatic heterocycles. The minimum atomic E-state index is -1.03. The molecule has 2 aromatic carbocycles. The van der Waals surface area contributed by atoms with Crippen LogP contribution in [-0.2, 0) is 11.2 Å². The second kappa shape index (κ2) is 9.46. The maximum absolute atomic E-state index is 14.8. The lowest BCUT2D eigenvalue weighted by molar-refractivity contribution is -0.129. The average molecular weight is 468 g/mol. The molecule has 0 bridgehead atoms. The Labute approximate surface area is 194 Å². The van der Waals surface area contributed by atoms with E-state index in [9.17, 15) is 19.1 Å². The average Bonchev–Trinajstić information content (AvgIpc) is 3.45. The molecular weight excluding hydrogens is 445 g/mol. The molecule has 170 valence electrons. The zero-order valence-corrected chi connectivity index (χ0v) is 18.9. The molecule has 1 atom stereocenters. The lowest BCUT2D eigenvalue weighted by Gasteiger charge is -2.27. The van der Waals surface area contributed by atoms with E-state index in [-0.39, 0.29) is 17.7 Å². The number of aliphatic hydroxyl groups excluding tert-OH is 1. The number of ether oxygens (including phenoxy) is 2. The Hall–Kier alpha value is -3.65. The van der Waals surface area contributed by atoms with Crippen LogP contribution in [0.25, 0.3) is 0 Å². The molecule has 0 saturated heterocycles. The molecule has 0 saturated carbocycles. The SMILES string of the molecule is COc1ccc(CCN2C(=O)C(O)=C(C(=O)c3cccs3)[C@H]2c2ccccc2F)cc1OC. The molecule has 0 unspecified atom stereocenters. The van der Waals surface area contributed by atoms with Gasteiger partial charge in [0.25, 0.3) is 5.91 Å². The zero-order chi connectivity index (χ0) is 23.5. The van der Waals surface area contributed by atoms with E-state index < -0.39 is 29.3 Å². The molecule has 8 heteroatoms. The van der Waals surface area contributed by atoms with Gasteiger partial charge in [0.15, 0.2) is 17.3 Å². The van der Waals surface area contributed by atoms with E-state index in [1.54, 1.807) is 42.8 Å². The van der Waals surface area contributed by atoms with Crippen LogP contribution < -0.4 is 9.47 Å². The molecule has 33 heavy (non-hydrogen) atoms. The molecule has 0 spiro atoms. The Morgan fingerprint density at radius 2 is 1.85 bits per heavy atom. The minimum Gasteiger partial charge on any atom is -0.503 e. The summed E-state index contributed by atoms with van der Waals surface area (Å²) in [5.41, 5.74) is 0.896. The van der Waals surface area contributed by atoms with Gasteiger partial charge in [0, 0.05) is 12.1 Å². The smallest absolute Gasteiger partial charge is 0.290 e. The first-order valence-electron chi connectivity index (χ1n) is 10.2. The molecule has 0 radical (unpaired) electrons. The van der Waals surface area contributed by atoms with E-state index in [4.69, 9.17) is 9.47 Å². The molecule has 1 aliphatic rings. The van der Waals surface area contributed by atoms with E-state index >= 15 is 0 Å². The standard InChI is InChI=1S/C25H22FNO5S/c1-31-18-10-9-15(14-19(18)32-2)11-12-27-22(16-6-3-4-7-17(16)26)21(24(29)25(27)30)23(28)20-8-5-13-33-20/h3-10,13-14,22,29H,11-12H2,1-2H3/t22-/m1/s1. The van der Waals surface area contributed by atoms with Crippen LogP contribution in [0.3, 0.4) is 0 Å². The Bertz CT molecular complexity index is 1220. The molecular formula is C25H22FNO5S.